The summed E-state index contributed by atoms with van der Waals surface area (Å²) >= 11 is 0. The van der Waals surface area contributed by atoms with E-state index in [1.165, 1.54) is 0 Å². The summed E-state index contributed by atoms with van der Waals surface area (Å²) in [5, 5.41) is 10.4. The highest BCUT2D eigenvalue weighted by Crippen LogP contribution is 2.17. The highest BCUT2D eigenvalue weighted by atomic mass is 19.4. The molecule has 11 heteroatoms. The van der Waals surface area contributed by atoms with Crippen molar-refractivity contribution >= 4 is 17.8 Å². The molecule has 0 atom stereocenters. The van der Waals surface area contributed by atoms with Crippen LogP contribution in [0.2, 0.25) is 0 Å². The molecule has 8 nitrogen and oxygen atoms in total. The third-order valence-electron chi connectivity index (χ3n) is 5.37. The van der Waals surface area contributed by atoms with Gasteiger partial charge in [0, 0.05) is 51.3 Å². The van der Waals surface area contributed by atoms with Gasteiger partial charge in [-0.15, -0.1) is 0 Å². The maximum absolute atomic E-state index is 13.2. The smallest absolute Gasteiger partial charge is 0.490 e. The molecule has 1 fully saturated rings. The molecule has 0 unspecified atom stereocenters. The van der Waals surface area contributed by atoms with E-state index in [4.69, 9.17) is 14.6 Å². The first-order chi connectivity index (χ1) is 17.0. The van der Waals surface area contributed by atoms with Crippen LogP contribution >= 0.6 is 0 Å². The van der Waals surface area contributed by atoms with Gasteiger partial charge < -0.3 is 25.0 Å². The van der Waals surface area contributed by atoms with Crippen LogP contribution in [-0.4, -0.2) is 78.7 Å². The summed E-state index contributed by atoms with van der Waals surface area (Å²) < 4.78 is 37.0. The second-order valence-corrected chi connectivity index (χ2v) is 8.13. The number of methoxy groups -OCH3 is 1. The van der Waals surface area contributed by atoms with E-state index in [2.05, 4.69) is 5.32 Å². The number of amides is 2. The van der Waals surface area contributed by atoms with Crippen molar-refractivity contribution in [3.05, 3.63) is 65.2 Å². The molecule has 2 N–H and O–H groups in total. The molecule has 2 aromatic carbocycles. The monoisotopic (exact) mass is 509 g/mol. The number of carbonyl (C=O) groups excluding carboxylic acids is 2. The fourth-order valence-electron chi connectivity index (χ4n) is 3.51. The Kier molecular flexibility index (Phi) is 10.7. The van der Waals surface area contributed by atoms with Crippen molar-refractivity contribution in [3.63, 3.8) is 0 Å². The number of halogens is 3. The minimum Gasteiger partial charge on any atom is -0.497 e. The van der Waals surface area contributed by atoms with Crippen LogP contribution in [0, 0.1) is 6.92 Å². The van der Waals surface area contributed by atoms with Crippen LogP contribution in [-0.2, 0) is 16.1 Å². The van der Waals surface area contributed by atoms with Crippen LogP contribution in [0.3, 0.4) is 0 Å². The molecule has 3 rings (SSSR count). The number of hydrogen-bond acceptors (Lipinski definition) is 5. The number of rotatable bonds is 7. The number of nitrogens with one attached hydrogen (secondary N) is 1. The maximum Gasteiger partial charge on any atom is 0.490 e. The number of nitrogens with zero attached hydrogens (tertiary/aromatic N) is 2. The summed E-state index contributed by atoms with van der Waals surface area (Å²) in [6.07, 6.45) is -4.76. The van der Waals surface area contributed by atoms with E-state index < -0.39 is 12.1 Å². The van der Waals surface area contributed by atoms with Gasteiger partial charge >= 0.3 is 12.1 Å². The number of benzene rings is 2. The molecule has 0 aromatic heterocycles. The first-order valence-corrected chi connectivity index (χ1v) is 11.3. The minimum absolute atomic E-state index is 0.0652. The molecular weight excluding hydrogens is 479 g/mol. The number of piperazine rings is 1. The summed E-state index contributed by atoms with van der Waals surface area (Å²) in [6, 6.07) is 15.3. The fraction of sp³-hybridized carbons (Fsp3) is 0.400. The number of aliphatic carboxylic acids is 1. The maximum atomic E-state index is 13.2. The molecule has 0 saturated carbocycles. The van der Waals surface area contributed by atoms with Crippen LogP contribution < -0.4 is 10.1 Å². The molecule has 196 valence electrons. The molecule has 0 radical (unpaired) electrons. The van der Waals surface area contributed by atoms with Gasteiger partial charge in [-0.1, -0.05) is 29.8 Å². The Morgan fingerprint density at radius 1 is 1.08 bits per heavy atom. The molecule has 2 aromatic rings. The largest absolute Gasteiger partial charge is 0.497 e. The quantitative estimate of drug-likeness (QED) is 0.595. The van der Waals surface area contributed by atoms with E-state index in [0.717, 1.165) is 43.1 Å². The van der Waals surface area contributed by atoms with Crippen molar-refractivity contribution in [1.82, 2.24) is 15.1 Å². The summed E-state index contributed by atoms with van der Waals surface area (Å²) in [7, 11) is 1.63. The van der Waals surface area contributed by atoms with Crippen molar-refractivity contribution in [2.24, 2.45) is 0 Å². The van der Waals surface area contributed by atoms with Crippen LogP contribution in [0.5, 0.6) is 5.75 Å². The Balaban J connectivity index is 0.000000572. The molecule has 0 bridgehead atoms. The first-order valence-electron chi connectivity index (χ1n) is 11.3. The van der Waals surface area contributed by atoms with E-state index in [0.29, 0.717) is 25.1 Å². The Hall–Kier alpha value is -3.60. The molecule has 0 spiro atoms. The van der Waals surface area contributed by atoms with Crippen LogP contribution in [0.15, 0.2) is 48.5 Å². The van der Waals surface area contributed by atoms with Crippen LogP contribution in [0.4, 0.5) is 13.2 Å². The van der Waals surface area contributed by atoms with Gasteiger partial charge in [0.25, 0.3) is 5.91 Å². The SMILES string of the molecule is COc1cccc(CN(CCC(=O)N2CCNCC2)C(=O)c2cccc(C)c2)c1.O=C(O)C(F)(F)F. The lowest BCUT2D eigenvalue weighted by atomic mass is 10.1. The van der Waals surface area contributed by atoms with E-state index in [9.17, 15) is 22.8 Å². The van der Waals surface area contributed by atoms with Gasteiger partial charge in [-0.25, -0.2) is 4.79 Å². The van der Waals surface area contributed by atoms with E-state index in [-0.39, 0.29) is 11.8 Å². The minimum atomic E-state index is -5.08. The lowest BCUT2D eigenvalue weighted by molar-refractivity contribution is -0.192. The normalized spacial score (nSPS) is 13.3. The molecule has 2 amide bonds. The molecule has 1 saturated heterocycles. The lowest BCUT2D eigenvalue weighted by Crippen LogP contribution is -2.47. The van der Waals surface area contributed by atoms with E-state index >= 15 is 0 Å². The Morgan fingerprint density at radius 2 is 1.72 bits per heavy atom. The standard InChI is InChI=1S/C23H29N3O3.C2HF3O2/c1-18-5-3-7-20(15-18)23(28)26(17-19-6-4-8-21(16-19)29-2)12-9-22(27)25-13-10-24-11-14-25;3-2(4,5)1(6)7/h3-8,15-16,24H,9-14,17H2,1-2H3;(H,6,7). The number of alkyl halides is 3. The van der Waals surface area contributed by atoms with Gasteiger partial charge in [0.05, 0.1) is 7.11 Å². The molecule has 1 aliphatic heterocycles. The first kappa shape index (κ1) is 28.6. The highest BCUT2D eigenvalue weighted by molar-refractivity contribution is 5.94. The molecule has 1 aliphatic rings. The molecule has 0 aliphatic carbocycles. The lowest BCUT2D eigenvalue weighted by Gasteiger charge is -2.29. The number of ether oxygens (including phenoxy) is 1. The van der Waals surface area contributed by atoms with E-state index in [1.807, 2.05) is 60.4 Å². The highest BCUT2D eigenvalue weighted by Gasteiger charge is 2.38. The third kappa shape index (κ3) is 9.21. The van der Waals surface area contributed by atoms with Gasteiger partial charge in [0.15, 0.2) is 0 Å². The number of carboxylic acid groups (broad SMARTS) is 1. The number of carboxylic acids is 1. The zero-order chi connectivity index (χ0) is 26.7. The number of carbonyl (C=O) groups is 3. The van der Waals surface area contributed by atoms with E-state index in [1.54, 1.807) is 12.0 Å². The van der Waals surface area contributed by atoms with Crippen LogP contribution in [0.25, 0.3) is 0 Å². The second-order valence-electron chi connectivity index (χ2n) is 8.13. The fourth-order valence-corrected chi connectivity index (χ4v) is 3.51. The van der Waals surface area contributed by atoms with Gasteiger partial charge in [-0.05, 0) is 36.8 Å². The van der Waals surface area contributed by atoms with Crippen molar-refractivity contribution < 1.29 is 37.4 Å². The van der Waals surface area contributed by atoms with Crippen LogP contribution in [0.1, 0.15) is 27.9 Å². The summed E-state index contributed by atoms with van der Waals surface area (Å²) in [5.74, 6) is -1.97. The second kappa shape index (κ2) is 13.5. The van der Waals surface area contributed by atoms with Gasteiger partial charge in [-0.3, -0.25) is 9.59 Å². The van der Waals surface area contributed by atoms with Gasteiger partial charge in [0.2, 0.25) is 5.91 Å². The van der Waals surface area contributed by atoms with Crippen molar-refractivity contribution in [1.29, 1.82) is 0 Å². The molecular formula is C25H30F3N3O5. The Labute approximate surface area is 207 Å². The zero-order valence-electron chi connectivity index (χ0n) is 20.2. The molecule has 1 heterocycles. The number of hydrogen-bond donors (Lipinski definition) is 2. The summed E-state index contributed by atoms with van der Waals surface area (Å²) in [5.41, 5.74) is 2.65. The Morgan fingerprint density at radius 3 is 2.31 bits per heavy atom. The average molecular weight is 510 g/mol. The Bertz CT molecular complexity index is 1040. The average Bonchev–Trinajstić information content (AvgIpc) is 2.86. The van der Waals surface area contributed by atoms with Crippen molar-refractivity contribution in [3.8, 4) is 5.75 Å². The summed E-state index contributed by atoms with van der Waals surface area (Å²) in [4.78, 5) is 38.3. The van der Waals surface area contributed by atoms with Gasteiger partial charge in [0.1, 0.15) is 5.75 Å². The predicted octanol–water partition coefficient (Wildman–Crippen LogP) is 3.10. The van der Waals surface area contributed by atoms with Crippen molar-refractivity contribution in [2.45, 2.75) is 26.1 Å². The van der Waals surface area contributed by atoms with Crippen molar-refractivity contribution in [2.75, 3.05) is 39.8 Å². The third-order valence-corrected chi connectivity index (χ3v) is 5.37. The molecule has 36 heavy (non-hydrogen) atoms. The number of aryl methyl sites for hydroxylation is 1. The summed E-state index contributed by atoms with van der Waals surface area (Å²) in [6.45, 7) is 5.87. The topological polar surface area (TPSA) is 99.2 Å². The zero-order valence-corrected chi connectivity index (χ0v) is 20.2. The van der Waals surface area contributed by atoms with Gasteiger partial charge in [-0.2, -0.15) is 13.2 Å². The predicted molar refractivity (Wildman–Crippen MR) is 127 cm³/mol.